The van der Waals surface area contributed by atoms with E-state index in [0.717, 1.165) is 12.0 Å². The molecule has 2 aromatic carbocycles. The normalized spacial score (nSPS) is 11.5. The number of hydrogen-bond donors (Lipinski definition) is 0. The number of benzene rings is 2. The van der Waals surface area contributed by atoms with Gasteiger partial charge in [0.15, 0.2) is 6.10 Å². The predicted molar refractivity (Wildman–Crippen MR) is 101 cm³/mol. The van der Waals surface area contributed by atoms with Gasteiger partial charge in [0.1, 0.15) is 5.75 Å². The number of nitro benzene ring substituents is 1. The van der Waals surface area contributed by atoms with Gasteiger partial charge in [-0.25, -0.2) is 4.79 Å². The Morgan fingerprint density at radius 2 is 1.66 bits per heavy atom. The summed E-state index contributed by atoms with van der Waals surface area (Å²) in [6.07, 6.45) is -0.923. The highest BCUT2D eigenvalue weighted by Gasteiger charge is 2.18. The van der Waals surface area contributed by atoms with Crippen LogP contribution >= 0.6 is 0 Å². The van der Waals surface area contributed by atoms with E-state index in [1.165, 1.54) is 29.8 Å². The van der Waals surface area contributed by atoms with Crippen molar-refractivity contribution in [3.63, 3.8) is 0 Å². The number of rotatable bonds is 6. The molecular formula is C19H17N5O5. The fraction of sp³-hybridized carbons (Fsp3) is 0.211. The van der Waals surface area contributed by atoms with Crippen LogP contribution in [0.1, 0.15) is 31.3 Å². The van der Waals surface area contributed by atoms with Crippen LogP contribution in [0.4, 0.5) is 10.5 Å². The summed E-state index contributed by atoms with van der Waals surface area (Å²) in [5, 5.41) is 26.6. The number of ether oxygens (including phenoxy) is 2. The highest BCUT2D eigenvalue weighted by atomic mass is 16.7. The summed E-state index contributed by atoms with van der Waals surface area (Å²) in [5.41, 5.74) is 1.86. The lowest BCUT2D eigenvalue weighted by Crippen LogP contribution is -2.16. The SMILES string of the molecule is CCc1ccc(-c2nnc(C(C)OC(=O)Oc3ccc([N+](=O)[O-])cc3)nn2)cc1. The van der Waals surface area contributed by atoms with Gasteiger partial charge in [0.2, 0.25) is 11.6 Å². The van der Waals surface area contributed by atoms with Crippen molar-refractivity contribution in [2.75, 3.05) is 0 Å². The van der Waals surface area contributed by atoms with Crippen LogP contribution in [0, 0.1) is 10.1 Å². The molecule has 3 aromatic rings. The van der Waals surface area contributed by atoms with E-state index in [1.54, 1.807) is 6.92 Å². The number of carbonyl (C=O) groups is 1. The third kappa shape index (κ3) is 5.06. The van der Waals surface area contributed by atoms with Crippen LogP contribution in [0.5, 0.6) is 5.75 Å². The molecule has 0 aliphatic carbocycles. The second-order valence-electron chi connectivity index (χ2n) is 6.00. The number of nitro groups is 1. The standard InChI is InChI=1S/C19H17N5O5/c1-3-13-4-6-14(7-5-13)18-22-20-17(21-23-18)12(2)28-19(25)29-16-10-8-15(9-11-16)24(26)27/h4-12H,3H2,1-2H3. The third-order valence-corrected chi connectivity index (χ3v) is 4.00. The molecule has 0 aliphatic rings. The lowest BCUT2D eigenvalue weighted by molar-refractivity contribution is -0.384. The topological polar surface area (TPSA) is 130 Å². The van der Waals surface area contributed by atoms with Gasteiger partial charge in [-0.15, -0.1) is 20.4 Å². The molecule has 10 heteroatoms. The highest BCUT2D eigenvalue weighted by Crippen LogP contribution is 2.20. The molecule has 29 heavy (non-hydrogen) atoms. The number of hydrogen-bond acceptors (Lipinski definition) is 9. The van der Waals surface area contributed by atoms with Crippen LogP contribution in [0.2, 0.25) is 0 Å². The van der Waals surface area contributed by atoms with Crippen molar-refractivity contribution in [1.29, 1.82) is 0 Å². The Labute approximate surface area is 165 Å². The van der Waals surface area contributed by atoms with Crippen LogP contribution in [0.15, 0.2) is 48.5 Å². The van der Waals surface area contributed by atoms with E-state index in [1.807, 2.05) is 24.3 Å². The maximum Gasteiger partial charge on any atom is 0.514 e. The molecular weight excluding hydrogens is 378 g/mol. The van der Waals surface area contributed by atoms with Crippen molar-refractivity contribution in [2.45, 2.75) is 26.4 Å². The average molecular weight is 395 g/mol. The molecule has 1 heterocycles. The van der Waals surface area contributed by atoms with Crippen molar-refractivity contribution < 1.29 is 19.2 Å². The summed E-state index contributed by atoms with van der Waals surface area (Å²) < 4.78 is 10.1. The third-order valence-electron chi connectivity index (χ3n) is 4.00. The molecule has 0 N–H and O–H groups in total. The number of aryl methyl sites for hydroxylation is 1. The predicted octanol–water partition coefficient (Wildman–Crippen LogP) is 3.68. The Balaban J connectivity index is 1.60. The van der Waals surface area contributed by atoms with Gasteiger partial charge in [0, 0.05) is 17.7 Å². The average Bonchev–Trinajstić information content (AvgIpc) is 2.74. The molecule has 0 amide bonds. The number of aromatic nitrogens is 4. The van der Waals surface area contributed by atoms with E-state index in [9.17, 15) is 14.9 Å². The Bertz CT molecular complexity index is 991. The molecule has 0 radical (unpaired) electrons. The van der Waals surface area contributed by atoms with E-state index in [0.29, 0.717) is 5.82 Å². The van der Waals surface area contributed by atoms with Crippen LogP contribution in [0.3, 0.4) is 0 Å². The molecule has 0 saturated heterocycles. The largest absolute Gasteiger partial charge is 0.514 e. The number of carbonyl (C=O) groups excluding carboxylic acids is 1. The summed E-state index contributed by atoms with van der Waals surface area (Å²) in [6, 6.07) is 12.8. The van der Waals surface area contributed by atoms with Crippen molar-refractivity contribution in [2.24, 2.45) is 0 Å². The second kappa shape index (κ2) is 8.83. The minimum absolute atomic E-state index is 0.107. The first-order chi connectivity index (χ1) is 14.0. The Morgan fingerprint density at radius 3 is 2.21 bits per heavy atom. The van der Waals surface area contributed by atoms with Crippen molar-refractivity contribution >= 4 is 11.8 Å². The Hall–Kier alpha value is -3.95. The number of nitrogens with zero attached hydrogens (tertiary/aromatic N) is 5. The van der Waals surface area contributed by atoms with Crippen molar-refractivity contribution in [3.05, 3.63) is 70.0 Å². The van der Waals surface area contributed by atoms with Gasteiger partial charge in [-0.1, -0.05) is 31.2 Å². The van der Waals surface area contributed by atoms with Crippen LogP contribution in [0.25, 0.3) is 11.4 Å². The molecule has 0 bridgehead atoms. The van der Waals surface area contributed by atoms with Gasteiger partial charge in [-0.05, 0) is 31.0 Å². The first-order valence-corrected chi connectivity index (χ1v) is 8.75. The molecule has 0 fully saturated rings. The molecule has 1 atom stereocenters. The Kier molecular flexibility index (Phi) is 6.03. The van der Waals surface area contributed by atoms with E-state index in [-0.39, 0.29) is 17.3 Å². The van der Waals surface area contributed by atoms with Crippen molar-refractivity contribution in [1.82, 2.24) is 20.4 Å². The lowest BCUT2D eigenvalue weighted by atomic mass is 10.1. The fourth-order valence-electron chi connectivity index (χ4n) is 2.36. The maximum absolute atomic E-state index is 11.9. The van der Waals surface area contributed by atoms with E-state index in [4.69, 9.17) is 9.47 Å². The minimum atomic E-state index is -1.01. The molecule has 148 valence electrons. The molecule has 0 spiro atoms. The zero-order chi connectivity index (χ0) is 20.8. The van der Waals surface area contributed by atoms with Gasteiger partial charge in [-0.3, -0.25) is 10.1 Å². The smallest absolute Gasteiger partial charge is 0.423 e. The monoisotopic (exact) mass is 395 g/mol. The van der Waals surface area contributed by atoms with Gasteiger partial charge in [-0.2, -0.15) is 0 Å². The molecule has 10 nitrogen and oxygen atoms in total. The first-order valence-electron chi connectivity index (χ1n) is 8.75. The van der Waals surface area contributed by atoms with E-state index in [2.05, 4.69) is 27.3 Å². The molecule has 1 aromatic heterocycles. The summed E-state index contributed by atoms with van der Waals surface area (Å²) >= 11 is 0. The molecule has 3 rings (SSSR count). The van der Waals surface area contributed by atoms with Crippen LogP contribution in [-0.4, -0.2) is 31.5 Å². The van der Waals surface area contributed by atoms with Gasteiger partial charge < -0.3 is 9.47 Å². The zero-order valence-electron chi connectivity index (χ0n) is 15.7. The highest BCUT2D eigenvalue weighted by molar-refractivity contribution is 5.64. The van der Waals surface area contributed by atoms with Crippen LogP contribution < -0.4 is 4.74 Å². The van der Waals surface area contributed by atoms with E-state index < -0.39 is 17.2 Å². The molecule has 0 aliphatic heterocycles. The summed E-state index contributed by atoms with van der Waals surface area (Å²) in [4.78, 5) is 22.0. The van der Waals surface area contributed by atoms with Crippen LogP contribution in [-0.2, 0) is 11.2 Å². The van der Waals surface area contributed by atoms with Gasteiger partial charge in [0.25, 0.3) is 5.69 Å². The van der Waals surface area contributed by atoms with Gasteiger partial charge >= 0.3 is 6.16 Å². The summed E-state index contributed by atoms with van der Waals surface area (Å²) in [7, 11) is 0. The maximum atomic E-state index is 11.9. The fourth-order valence-corrected chi connectivity index (χ4v) is 2.36. The van der Waals surface area contributed by atoms with E-state index >= 15 is 0 Å². The van der Waals surface area contributed by atoms with Gasteiger partial charge in [0.05, 0.1) is 4.92 Å². The molecule has 1 unspecified atom stereocenters. The quantitative estimate of drug-likeness (QED) is 0.265. The molecule has 0 saturated carbocycles. The zero-order valence-corrected chi connectivity index (χ0v) is 15.7. The number of non-ortho nitro benzene ring substituents is 1. The summed E-state index contributed by atoms with van der Waals surface area (Å²) in [6.45, 7) is 3.61. The minimum Gasteiger partial charge on any atom is -0.423 e. The second-order valence-corrected chi connectivity index (χ2v) is 6.00. The lowest BCUT2D eigenvalue weighted by Gasteiger charge is -2.11. The Morgan fingerprint density at radius 1 is 1.03 bits per heavy atom. The van der Waals surface area contributed by atoms with Crippen molar-refractivity contribution in [3.8, 4) is 17.1 Å². The first kappa shape index (κ1) is 19.8. The summed E-state index contributed by atoms with van der Waals surface area (Å²) in [5.74, 6) is 0.576.